The predicted octanol–water partition coefficient (Wildman–Crippen LogP) is 2.80. The Morgan fingerprint density at radius 2 is 1.85 bits per heavy atom. The largest absolute Gasteiger partial charge is 0.463 e. The van der Waals surface area contributed by atoms with Gasteiger partial charge in [-0.1, -0.05) is 25.1 Å². The van der Waals surface area contributed by atoms with Gasteiger partial charge in [-0.3, -0.25) is 0 Å². The molecule has 0 bridgehead atoms. The van der Waals surface area contributed by atoms with Gasteiger partial charge in [0.05, 0.1) is 6.61 Å². The molecular weight excluding hydrogens is 256 g/mol. The average Bonchev–Trinajstić information content (AvgIpc) is 2.47. The van der Waals surface area contributed by atoms with Gasteiger partial charge in [-0.2, -0.15) is 9.97 Å². The SMILES string of the molecule is CCCOc1nc(NC)nc(Oc2ccccc2C)n1. The van der Waals surface area contributed by atoms with E-state index in [1.54, 1.807) is 7.05 Å². The van der Waals surface area contributed by atoms with Crippen molar-refractivity contribution in [3.63, 3.8) is 0 Å². The first kappa shape index (κ1) is 14.0. The summed E-state index contributed by atoms with van der Waals surface area (Å²) >= 11 is 0. The Morgan fingerprint density at radius 3 is 2.55 bits per heavy atom. The molecule has 0 radical (unpaired) electrons. The number of hydrogen-bond acceptors (Lipinski definition) is 6. The molecule has 106 valence electrons. The maximum absolute atomic E-state index is 5.69. The first-order valence-electron chi connectivity index (χ1n) is 6.53. The number of ether oxygens (including phenoxy) is 2. The number of aryl methyl sites for hydroxylation is 1. The van der Waals surface area contributed by atoms with Gasteiger partial charge in [-0.25, -0.2) is 0 Å². The number of rotatable bonds is 6. The number of para-hydroxylation sites is 1. The lowest BCUT2D eigenvalue weighted by molar-refractivity contribution is 0.285. The smallest absolute Gasteiger partial charge is 0.330 e. The van der Waals surface area contributed by atoms with Gasteiger partial charge in [0.2, 0.25) is 5.95 Å². The Kier molecular flexibility index (Phi) is 4.70. The van der Waals surface area contributed by atoms with E-state index in [-0.39, 0.29) is 12.0 Å². The zero-order chi connectivity index (χ0) is 14.4. The van der Waals surface area contributed by atoms with E-state index in [1.807, 2.05) is 38.1 Å². The molecule has 2 rings (SSSR count). The third-order valence-corrected chi connectivity index (χ3v) is 2.55. The fourth-order valence-electron chi connectivity index (χ4n) is 1.52. The maximum Gasteiger partial charge on any atom is 0.330 e. The molecule has 0 fully saturated rings. The first-order chi connectivity index (χ1) is 9.72. The van der Waals surface area contributed by atoms with Crippen molar-refractivity contribution in [3.05, 3.63) is 29.8 Å². The Labute approximate surface area is 118 Å². The van der Waals surface area contributed by atoms with Crippen LogP contribution in [0.15, 0.2) is 24.3 Å². The molecule has 0 aliphatic rings. The van der Waals surface area contributed by atoms with Crippen LogP contribution in [0.2, 0.25) is 0 Å². The van der Waals surface area contributed by atoms with Crippen LogP contribution in [-0.4, -0.2) is 28.6 Å². The van der Waals surface area contributed by atoms with Gasteiger partial charge in [0.25, 0.3) is 0 Å². The molecule has 2 aromatic rings. The van der Waals surface area contributed by atoms with Crippen LogP contribution in [0.25, 0.3) is 0 Å². The summed E-state index contributed by atoms with van der Waals surface area (Å²) in [6.45, 7) is 4.53. The fourth-order valence-corrected chi connectivity index (χ4v) is 1.52. The number of aromatic nitrogens is 3. The molecule has 0 aliphatic heterocycles. The van der Waals surface area contributed by atoms with Crippen molar-refractivity contribution in [2.75, 3.05) is 19.0 Å². The molecule has 0 saturated heterocycles. The molecule has 0 saturated carbocycles. The first-order valence-corrected chi connectivity index (χ1v) is 6.53. The lowest BCUT2D eigenvalue weighted by Gasteiger charge is -2.09. The zero-order valence-corrected chi connectivity index (χ0v) is 11.9. The van der Waals surface area contributed by atoms with E-state index in [0.29, 0.717) is 18.3 Å². The monoisotopic (exact) mass is 274 g/mol. The van der Waals surface area contributed by atoms with Gasteiger partial charge in [0.1, 0.15) is 5.75 Å². The second-order valence-corrected chi connectivity index (χ2v) is 4.19. The highest BCUT2D eigenvalue weighted by Gasteiger charge is 2.09. The Balaban J connectivity index is 2.24. The molecule has 0 unspecified atom stereocenters. The predicted molar refractivity (Wildman–Crippen MR) is 76.4 cm³/mol. The van der Waals surface area contributed by atoms with Gasteiger partial charge >= 0.3 is 12.0 Å². The molecule has 20 heavy (non-hydrogen) atoms. The Bertz CT molecular complexity index is 575. The van der Waals surface area contributed by atoms with E-state index < -0.39 is 0 Å². The van der Waals surface area contributed by atoms with E-state index in [0.717, 1.165) is 12.0 Å². The number of nitrogens with one attached hydrogen (secondary N) is 1. The van der Waals surface area contributed by atoms with Crippen LogP contribution in [0.1, 0.15) is 18.9 Å². The van der Waals surface area contributed by atoms with Crippen molar-refractivity contribution >= 4 is 5.95 Å². The van der Waals surface area contributed by atoms with Gasteiger partial charge in [-0.05, 0) is 25.0 Å². The van der Waals surface area contributed by atoms with Crippen molar-refractivity contribution in [1.29, 1.82) is 0 Å². The average molecular weight is 274 g/mol. The van der Waals surface area contributed by atoms with Gasteiger partial charge in [-0.15, -0.1) is 4.98 Å². The summed E-state index contributed by atoms with van der Waals surface area (Å²) < 4.78 is 11.1. The molecule has 0 spiro atoms. The normalized spacial score (nSPS) is 10.2. The fraction of sp³-hybridized carbons (Fsp3) is 0.357. The summed E-state index contributed by atoms with van der Waals surface area (Å²) in [5.74, 6) is 1.12. The highest BCUT2D eigenvalue weighted by atomic mass is 16.5. The molecular formula is C14H18N4O2. The van der Waals surface area contributed by atoms with Crippen LogP contribution in [0.4, 0.5) is 5.95 Å². The van der Waals surface area contributed by atoms with E-state index in [2.05, 4.69) is 20.3 Å². The Morgan fingerprint density at radius 1 is 1.10 bits per heavy atom. The lowest BCUT2D eigenvalue weighted by atomic mass is 10.2. The van der Waals surface area contributed by atoms with Crippen LogP contribution in [0.5, 0.6) is 17.8 Å². The van der Waals surface area contributed by atoms with Crippen molar-refractivity contribution in [1.82, 2.24) is 15.0 Å². The van der Waals surface area contributed by atoms with E-state index in [1.165, 1.54) is 0 Å². The summed E-state index contributed by atoms with van der Waals surface area (Å²) in [6.07, 6.45) is 0.883. The topological polar surface area (TPSA) is 69.2 Å². The molecule has 0 aliphatic carbocycles. The molecule has 0 amide bonds. The second-order valence-electron chi connectivity index (χ2n) is 4.19. The molecule has 1 aromatic heterocycles. The van der Waals surface area contributed by atoms with Crippen LogP contribution < -0.4 is 14.8 Å². The third-order valence-electron chi connectivity index (χ3n) is 2.55. The lowest BCUT2D eigenvalue weighted by Crippen LogP contribution is -2.06. The van der Waals surface area contributed by atoms with Crippen LogP contribution in [0.3, 0.4) is 0 Å². The van der Waals surface area contributed by atoms with Crippen LogP contribution in [-0.2, 0) is 0 Å². The minimum atomic E-state index is 0.213. The van der Waals surface area contributed by atoms with E-state index in [9.17, 15) is 0 Å². The van der Waals surface area contributed by atoms with Gasteiger partial charge in [0, 0.05) is 7.05 Å². The number of nitrogens with zero attached hydrogens (tertiary/aromatic N) is 3. The minimum Gasteiger partial charge on any atom is -0.463 e. The standard InChI is InChI=1S/C14H18N4O2/c1-4-9-19-13-16-12(15-3)17-14(18-13)20-11-8-6-5-7-10(11)2/h5-8H,4,9H2,1-3H3,(H,15,16,17,18). The second kappa shape index (κ2) is 6.70. The van der Waals surface area contributed by atoms with E-state index in [4.69, 9.17) is 9.47 Å². The summed E-state index contributed by atoms with van der Waals surface area (Å²) in [5.41, 5.74) is 1.01. The minimum absolute atomic E-state index is 0.213. The molecule has 0 atom stereocenters. The molecule has 1 aromatic carbocycles. The van der Waals surface area contributed by atoms with Crippen LogP contribution in [0, 0.1) is 6.92 Å². The van der Waals surface area contributed by atoms with Gasteiger partial charge < -0.3 is 14.8 Å². The molecule has 6 heteroatoms. The summed E-state index contributed by atoms with van der Waals surface area (Å²) in [7, 11) is 1.73. The summed E-state index contributed by atoms with van der Waals surface area (Å²) in [5, 5.41) is 2.86. The molecule has 1 N–H and O–H groups in total. The highest BCUT2D eigenvalue weighted by Crippen LogP contribution is 2.23. The number of benzene rings is 1. The summed E-state index contributed by atoms with van der Waals surface area (Å²) in [6, 6.07) is 8.15. The maximum atomic E-state index is 5.69. The van der Waals surface area contributed by atoms with Crippen LogP contribution >= 0.6 is 0 Å². The highest BCUT2D eigenvalue weighted by molar-refractivity contribution is 5.35. The number of hydrogen-bond donors (Lipinski definition) is 1. The Hall–Kier alpha value is -2.37. The van der Waals surface area contributed by atoms with Crippen molar-refractivity contribution in [2.24, 2.45) is 0 Å². The quantitative estimate of drug-likeness (QED) is 0.873. The zero-order valence-electron chi connectivity index (χ0n) is 11.9. The summed E-state index contributed by atoms with van der Waals surface area (Å²) in [4.78, 5) is 12.4. The van der Waals surface area contributed by atoms with E-state index >= 15 is 0 Å². The van der Waals surface area contributed by atoms with Gasteiger partial charge in [0.15, 0.2) is 0 Å². The van der Waals surface area contributed by atoms with Crippen molar-refractivity contribution in [2.45, 2.75) is 20.3 Å². The van der Waals surface area contributed by atoms with Crippen molar-refractivity contribution < 1.29 is 9.47 Å². The van der Waals surface area contributed by atoms with Crippen molar-refractivity contribution in [3.8, 4) is 17.8 Å². The molecule has 6 nitrogen and oxygen atoms in total. The third kappa shape index (κ3) is 3.57. The molecule has 1 heterocycles. The number of anilines is 1.